The average Bonchev–Trinajstić information content (AvgIpc) is 2.26. The third kappa shape index (κ3) is 3.14. The Morgan fingerprint density at radius 1 is 1.29 bits per heavy atom. The van der Waals surface area contributed by atoms with Crippen LogP contribution in [0.4, 0.5) is 0 Å². The molecule has 3 heteroatoms. The van der Waals surface area contributed by atoms with Gasteiger partial charge in [-0.05, 0) is 36.9 Å². The molecular formula is C11H17NOS. The Kier molecular flexibility index (Phi) is 4.66. The molecule has 0 spiro atoms. The zero-order valence-electron chi connectivity index (χ0n) is 8.99. The summed E-state index contributed by atoms with van der Waals surface area (Å²) in [5.41, 5.74) is 0. The molecule has 78 valence electrons. The number of rotatable bonds is 4. The standard InChI is InChI=1S/C11H17NOS/c1-4-9-12-14(3)11-7-5-10(13-2)6-8-11/h5-8H,4,9H2,1-3H3. The van der Waals surface area contributed by atoms with E-state index in [4.69, 9.17) is 4.74 Å². The third-order valence-electron chi connectivity index (χ3n) is 1.91. The molecule has 1 aromatic rings. The second kappa shape index (κ2) is 5.81. The zero-order chi connectivity index (χ0) is 10.4. The maximum absolute atomic E-state index is 5.10. The predicted octanol–water partition coefficient (Wildman–Crippen LogP) is 2.90. The molecular weight excluding hydrogens is 194 g/mol. The summed E-state index contributed by atoms with van der Waals surface area (Å²) in [5, 5.41) is 0. The van der Waals surface area contributed by atoms with Crippen LogP contribution in [0.1, 0.15) is 13.3 Å². The van der Waals surface area contributed by atoms with Crippen LogP contribution in [0, 0.1) is 0 Å². The first kappa shape index (κ1) is 11.2. The fourth-order valence-electron chi connectivity index (χ4n) is 1.08. The molecule has 1 unspecified atom stereocenters. The van der Waals surface area contributed by atoms with E-state index in [2.05, 4.69) is 29.7 Å². The lowest BCUT2D eigenvalue weighted by atomic mass is 10.3. The number of hydrogen-bond donors (Lipinski definition) is 0. The highest BCUT2D eigenvalue weighted by Crippen LogP contribution is 2.14. The van der Waals surface area contributed by atoms with Gasteiger partial charge in [0.05, 0.1) is 7.11 Å². The molecule has 1 atom stereocenters. The molecule has 0 aliphatic heterocycles. The van der Waals surface area contributed by atoms with E-state index in [-0.39, 0.29) is 10.7 Å². The van der Waals surface area contributed by atoms with Crippen LogP contribution in [-0.2, 0) is 10.7 Å². The van der Waals surface area contributed by atoms with E-state index in [9.17, 15) is 0 Å². The number of nitrogens with zero attached hydrogens (tertiary/aromatic N) is 1. The van der Waals surface area contributed by atoms with E-state index in [1.807, 2.05) is 12.1 Å². The van der Waals surface area contributed by atoms with Gasteiger partial charge in [0.2, 0.25) is 0 Å². The van der Waals surface area contributed by atoms with Crippen molar-refractivity contribution >= 4 is 10.7 Å². The molecule has 0 fully saturated rings. The Morgan fingerprint density at radius 3 is 2.43 bits per heavy atom. The Labute approximate surface area is 88.4 Å². The summed E-state index contributed by atoms with van der Waals surface area (Å²) in [5.74, 6) is 0.904. The van der Waals surface area contributed by atoms with Crippen LogP contribution in [0.25, 0.3) is 0 Å². The zero-order valence-corrected chi connectivity index (χ0v) is 9.80. The SMILES string of the molecule is CCCN=S(C)c1ccc(OC)cc1. The quantitative estimate of drug-likeness (QED) is 0.750. The lowest BCUT2D eigenvalue weighted by molar-refractivity contribution is 0.414. The van der Waals surface area contributed by atoms with Crippen molar-refractivity contribution in [1.82, 2.24) is 0 Å². The number of hydrogen-bond acceptors (Lipinski definition) is 2. The van der Waals surface area contributed by atoms with Crippen LogP contribution in [0.3, 0.4) is 0 Å². The summed E-state index contributed by atoms with van der Waals surface area (Å²) < 4.78 is 9.66. The maximum Gasteiger partial charge on any atom is 0.118 e. The van der Waals surface area contributed by atoms with E-state index >= 15 is 0 Å². The molecule has 0 N–H and O–H groups in total. The normalized spacial score (nSPS) is 12.8. The van der Waals surface area contributed by atoms with Crippen molar-refractivity contribution in [2.24, 2.45) is 4.36 Å². The van der Waals surface area contributed by atoms with Crippen molar-refractivity contribution in [3.8, 4) is 5.75 Å². The van der Waals surface area contributed by atoms with Gasteiger partial charge in [0.1, 0.15) is 5.75 Å². The van der Waals surface area contributed by atoms with Gasteiger partial charge in [0.25, 0.3) is 0 Å². The molecule has 0 radical (unpaired) electrons. The van der Waals surface area contributed by atoms with E-state index in [0.29, 0.717) is 0 Å². The number of benzene rings is 1. The van der Waals surface area contributed by atoms with Crippen molar-refractivity contribution in [2.45, 2.75) is 18.2 Å². The molecule has 0 saturated heterocycles. The highest BCUT2D eigenvalue weighted by Gasteiger charge is 1.95. The minimum Gasteiger partial charge on any atom is -0.497 e. The Hall–Kier alpha value is -0.830. The van der Waals surface area contributed by atoms with Crippen LogP contribution < -0.4 is 4.74 Å². The molecule has 0 bridgehead atoms. The van der Waals surface area contributed by atoms with Crippen LogP contribution >= 0.6 is 0 Å². The van der Waals surface area contributed by atoms with Gasteiger partial charge in [-0.2, -0.15) is 0 Å². The average molecular weight is 211 g/mol. The lowest BCUT2D eigenvalue weighted by Gasteiger charge is -2.03. The molecule has 0 aliphatic carbocycles. The van der Waals surface area contributed by atoms with Gasteiger partial charge >= 0.3 is 0 Å². The van der Waals surface area contributed by atoms with Crippen LogP contribution in [0.2, 0.25) is 0 Å². The molecule has 0 amide bonds. The van der Waals surface area contributed by atoms with Crippen molar-refractivity contribution in [3.63, 3.8) is 0 Å². The van der Waals surface area contributed by atoms with Gasteiger partial charge in [-0.15, -0.1) is 0 Å². The van der Waals surface area contributed by atoms with Gasteiger partial charge in [-0.3, -0.25) is 4.36 Å². The molecule has 2 nitrogen and oxygen atoms in total. The summed E-state index contributed by atoms with van der Waals surface area (Å²) in [7, 11) is 1.71. The van der Waals surface area contributed by atoms with Gasteiger partial charge in [-0.25, -0.2) is 0 Å². The van der Waals surface area contributed by atoms with Gasteiger partial charge < -0.3 is 4.74 Å². The van der Waals surface area contributed by atoms with E-state index < -0.39 is 0 Å². The van der Waals surface area contributed by atoms with Crippen molar-refractivity contribution in [3.05, 3.63) is 24.3 Å². The second-order valence-corrected chi connectivity index (χ2v) is 4.69. The maximum atomic E-state index is 5.10. The molecule has 0 saturated carbocycles. The Bertz CT molecular complexity index is 306. The largest absolute Gasteiger partial charge is 0.497 e. The van der Waals surface area contributed by atoms with Crippen LogP contribution in [0.5, 0.6) is 5.75 Å². The molecule has 0 aromatic heterocycles. The van der Waals surface area contributed by atoms with E-state index in [0.717, 1.165) is 18.7 Å². The first-order valence-corrected chi connectivity index (χ1v) is 6.34. The lowest BCUT2D eigenvalue weighted by Crippen LogP contribution is -1.90. The summed E-state index contributed by atoms with van der Waals surface area (Å²) in [6.45, 7) is 3.10. The molecule has 14 heavy (non-hydrogen) atoms. The third-order valence-corrected chi connectivity index (χ3v) is 3.43. The first-order chi connectivity index (χ1) is 6.77. The highest BCUT2D eigenvalue weighted by atomic mass is 32.2. The first-order valence-electron chi connectivity index (χ1n) is 4.75. The molecule has 1 aromatic carbocycles. The van der Waals surface area contributed by atoms with E-state index in [1.165, 1.54) is 4.90 Å². The smallest absolute Gasteiger partial charge is 0.118 e. The summed E-state index contributed by atoms with van der Waals surface area (Å²) in [6, 6.07) is 8.14. The summed E-state index contributed by atoms with van der Waals surface area (Å²) >= 11 is 0. The fourth-order valence-corrected chi connectivity index (χ4v) is 2.21. The van der Waals surface area contributed by atoms with Gasteiger partial charge in [0.15, 0.2) is 0 Å². The van der Waals surface area contributed by atoms with E-state index in [1.54, 1.807) is 7.11 Å². The Morgan fingerprint density at radius 2 is 1.93 bits per heavy atom. The van der Waals surface area contributed by atoms with Crippen molar-refractivity contribution in [1.29, 1.82) is 0 Å². The molecule has 0 aliphatic rings. The summed E-state index contributed by atoms with van der Waals surface area (Å²) in [4.78, 5) is 1.28. The van der Waals surface area contributed by atoms with Crippen LogP contribution in [0.15, 0.2) is 33.5 Å². The monoisotopic (exact) mass is 211 g/mol. The minimum absolute atomic E-state index is 0.0259. The van der Waals surface area contributed by atoms with Gasteiger partial charge in [-0.1, -0.05) is 17.6 Å². The predicted molar refractivity (Wildman–Crippen MR) is 62.1 cm³/mol. The van der Waals surface area contributed by atoms with Crippen LogP contribution in [-0.4, -0.2) is 19.9 Å². The fraction of sp³-hybridized carbons (Fsp3) is 0.455. The number of methoxy groups -OCH3 is 1. The van der Waals surface area contributed by atoms with Gasteiger partial charge in [0, 0.05) is 11.4 Å². The molecule has 1 rings (SSSR count). The molecule has 0 heterocycles. The summed E-state index contributed by atoms with van der Waals surface area (Å²) in [6.07, 6.45) is 3.27. The second-order valence-electron chi connectivity index (χ2n) is 3.01. The highest BCUT2D eigenvalue weighted by molar-refractivity contribution is 7.86. The number of ether oxygens (including phenoxy) is 1. The minimum atomic E-state index is 0.0259. The van der Waals surface area contributed by atoms with Crippen molar-refractivity contribution in [2.75, 3.05) is 19.9 Å². The van der Waals surface area contributed by atoms with Crippen molar-refractivity contribution < 1.29 is 4.74 Å². The topological polar surface area (TPSA) is 21.6 Å². The Balaban J connectivity index is 2.76.